The van der Waals surface area contributed by atoms with E-state index in [1.165, 1.54) is 12.8 Å². The van der Waals surface area contributed by atoms with Gasteiger partial charge in [-0.3, -0.25) is 0 Å². The topological polar surface area (TPSA) is 58.6 Å². The molecule has 5 heteroatoms. The predicted octanol–water partition coefficient (Wildman–Crippen LogP) is 2.22. The Kier molecular flexibility index (Phi) is 4.84. The molecule has 102 valence electrons. The van der Waals surface area contributed by atoms with Crippen LogP contribution in [0.15, 0.2) is 0 Å². The maximum absolute atomic E-state index is 11.7. The number of hydroxylamine groups is 1. The van der Waals surface area contributed by atoms with Gasteiger partial charge in [-0.1, -0.05) is 19.3 Å². The van der Waals surface area contributed by atoms with Crippen molar-refractivity contribution < 1.29 is 14.4 Å². The van der Waals surface area contributed by atoms with Crippen molar-refractivity contribution in [3.8, 4) is 0 Å². The molecule has 2 fully saturated rings. The summed E-state index contributed by atoms with van der Waals surface area (Å²) in [6.07, 6.45) is 8.38. The SMILES string of the molecule is O=C(ONC(=O)N1CCCCC1)C1CCCCC1. The fourth-order valence-electron chi connectivity index (χ4n) is 2.68. The van der Waals surface area contributed by atoms with Crippen LogP contribution in [-0.4, -0.2) is 30.0 Å². The third-order valence-corrected chi connectivity index (χ3v) is 3.82. The van der Waals surface area contributed by atoms with Gasteiger partial charge in [-0.15, -0.1) is 0 Å². The lowest BCUT2D eigenvalue weighted by molar-refractivity contribution is -0.155. The number of likely N-dealkylation sites (tertiary alicyclic amines) is 1. The molecule has 0 aromatic rings. The van der Waals surface area contributed by atoms with E-state index in [2.05, 4.69) is 5.48 Å². The first-order chi connectivity index (χ1) is 8.77. The number of carbonyl (C=O) groups excluding carboxylic acids is 2. The van der Waals surface area contributed by atoms with Crippen LogP contribution in [0.1, 0.15) is 51.4 Å². The lowest BCUT2D eigenvalue weighted by Crippen LogP contribution is -2.44. The molecular weight excluding hydrogens is 232 g/mol. The number of urea groups is 1. The molecule has 0 bridgehead atoms. The number of hydrogen-bond donors (Lipinski definition) is 1. The number of piperidine rings is 1. The van der Waals surface area contributed by atoms with E-state index in [4.69, 9.17) is 4.84 Å². The van der Waals surface area contributed by atoms with Gasteiger partial charge >= 0.3 is 12.0 Å². The Balaban J connectivity index is 1.69. The van der Waals surface area contributed by atoms with Crippen LogP contribution in [0, 0.1) is 5.92 Å². The second-order valence-corrected chi connectivity index (χ2v) is 5.21. The second-order valence-electron chi connectivity index (χ2n) is 5.21. The van der Waals surface area contributed by atoms with Crippen LogP contribution in [0.5, 0.6) is 0 Å². The number of amides is 2. The Bertz CT molecular complexity index is 265. The van der Waals surface area contributed by atoms with Crippen LogP contribution in [0.4, 0.5) is 4.79 Å². The van der Waals surface area contributed by atoms with Crippen molar-refractivity contribution in [3.05, 3.63) is 0 Å². The Labute approximate surface area is 108 Å². The first-order valence-electron chi connectivity index (χ1n) is 7.03. The molecule has 0 atom stereocenters. The van der Waals surface area contributed by atoms with E-state index in [0.717, 1.165) is 51.6 Å². The van der Waals surface area contributed by atoms with Crippen molar-refractivity contribution in [3.63, 3.8) is 0 Å². The molecular formula is C13H22N2O3. The molecule has 1 aliphatic heterocycles. The zero-order valence-corrected chi connectivity index (χ0v) is 10.8. The highest BCUT2D eigenvalue weighted by molar-refractivity contribution is 5.77. The second kappa shape index (κ2) is 6.61. The molecule has 18 heavy (non-hydrogen) atoms. The number of hydrogen-bond acceptors (Lipinski definition) is 3. The molecule has 1 aliphatic carbocycles. The monoisotopic (exact) mass is 254 g/mol. The van der Waals surface area contributed by atoms with Crippen LogP contribution in [-0.2, 0) is 9.63 Å². The van der Waals surface area contributed by atoms with E-state index in [1.54, 1.807) is 4.90 Å². The van der Waals surface area contributed by atoms with Gasteiger partial charge in [0, 0.05) is 13.1 Å². The van der Waals surface area contributed by atoms with Gasteiger partial charge in [0.2, 0.25) is 0 Å². The summed E-state index contributed by atoms with van der Waals surface area (Å²) < 4.78 is 0. The summed E-state index contributed by atoms with van der Waals surface area (Å²) in [5, 5.41) is 0. The largest absolute Gasteiger partial charge is 0.350 e. The molecule has 2 aliphatic rings. The zero-order chi connectivity index (χ0) is 12.8. The van der Waals surface area contributed by atoms with E-state index in [1.807, 2.05) is 0 Å². The van der Waals surface area contributed by atoms with E-state index in [9.17, 15) is 9.59 Å². The summed E-state index contributed by atoms with van der Waals surface area (Å²) >= 11 is 0. The van der Waals surface area contributed by atoms with E-state index in [0.29, 0.717) is 0 Å². The quantitative estimate of drug-likeness (QED) is 0.730. The summed E-state index contributed by atoms with van der Waals surface area (Å²) in [6, 6.07) is -0.279. The average molecular weight is 254 g/mol. The lowest BCUT2D eigenvalue weighted by Gasteiger charge is -2.26. The Hall–Kier alpha value is -1.26. The molecule has 1 saturated heterocycles. The van der Waals surface area contributed by atoms with Gasteiger partial charge in [-0.25, -0.2) is 9.59 Å². The molecule has 2 amide bonds. The molecule has 0 spiro atoms. The number of rotatable bonds is 1. The van der Waals surface area contributed by atoms with Gasteiger partial charge in [-0.05, 0) is 32.1 Å². The Morgan fingerprint density at radius 3 is 2.22 bits per heavy atom. The van der Waals surface area contributed by atoms with Gasteiger partial charge in [0.15, 0.2) is 0 Å². The summed E-state index contributed by atoms with van der Waals surface area (Å²) in [5.41, 5.74) is 2.29. The highest BCUT2D eigenvalue weighted by Crippen LogP contribution is 2.24. The fraction of sp³-hybridized carbons (Fsp3) is 0.846. The molecule has 0 aromatic heterocycles. The first kappa shape index (κ1) is 13.2. The lowest BCUT2D eigenvalue weighted by atomic mass is 9.89. The van der Waals surface area contributed by atoms with Crippen molar-refractivity contribution in [2.24, 2.45) is 5.92 Å². The van der Waals surface area contributed by atoms with Crippen molar-refractivity contribution in [2.45, 2.75) is 51.4 Å². The van der Waals surface area contributed by atoms with E-state index in [-0.39, 0.29) is 17.9 Å². The van der Waals surface area contributed by atoms with Crippen LogP contribution in [0.3, 0.4) is 0 Å². The number of nitrogens with zero attached hydrogens (tertiary/aromatic N) is 1. The minimum atomic E-state index is -0.279. The molecule has 0 unspecified atom stereocenters. The molecule has 0 radical (unpaired) electrons. The zero-order valence-electron chi connectivity index (χ0n) is 10.8. The van der Waals surface area contributed by atoms with Crippen molar-refractivity contribution in [2.75, 3.05) is 13.1 Å². The van der Waals surface area contributed by atoms with Crippen LogP contribution < -0.4 is 5.48 Å². The third-order valence-electron chi connectivity index (χ3n) is 3.82. The molecule has 1 heterocycles. The Morgan fingerprint density at radius 1 is 0.944 bits per heavy atom. The maximum atomic E-state index is 11.7. The summed E-state index contributed by atoms with van der Waals surface area (Å²) in [5.74, 6) is -0.305. The highest BCUT2D eigenvalue weighted by atomic mass is 16.7. The van der Waals surface area contributed by atoms with E-state index < -0.39 is 0 Å². The average Bonchev–Trinajstić information content (AvgIpc) is 2.46. The molecule has 1 saturated carbocycles. The fourth-order valence-corrected chi connectivity index (χ4v) is 2.68. The highest BCUT2D eigenvalue weighted by Gasteiger charge is 2.24. The molecule has 0 aromatic carbocycles. The van der Waals surface area contributed by atoms with Crippen LogP contribution in [0.25, 0.3) is 0 Å². The Morgan fingerprint density at radius 2 is 1.56 bits per heavy atom. The minimum Gasteiger partial charge on any atom is -0.339 e. The first-order valence-corrected chi connectivity index (χ1v) is 7.03. The normalized spacial score (nSPS) is 21.4. The standard InChI is InChI=1S/C13H22N2O3/c16-12(11-7-3-1-4-8-11)18-14-13(17)15-9-5-2-6-10-15/h11H,1-10H2,(H,14,17). The summed E-state index contributed by atoms with van der Waals surface area (Å²) in [7, 11) is 0. The number of nitrogens with one attached hydrogen (secondary N) is 1. The number of carbonyl (C=O) groups is 2. The van der Waals surface area contributed by atoms with Gasteiger partial charge in [-0.2, -0.15) is 5.48 Å². The minimum absolute atomic E-state index is 0.0274. The van der Waals surface area contributed by atoms with Crippen molar-refractivity contribution in [1.82, 2.24) is 10.4 Å². The summed E-state index contributed by atoms with van der Waals surface area (Å²) in [6.45, 7) is 1.51. The van der Waals surface area contributed by atoms with E-state index >= 15 is 0 Å². The van der Waals surface area contributed by atoms with Gasteiger partial charge in [0.1, 0.15) is 0 Å². The van der Waals surface area contributed by atoms with Gasteiger partial charge in [0.05, 0.1) is 5.92 Å². The third kappa shape index (κ3) is 3.62. The van der Waals surface area contributed by atoms with Gasteiger partial charge < -0.3 is 9.74 Å². The predicted molar refractivity (Wildman–Crippen MR) is 66.6 cm³/mol. The van der Waals surface area contributed by atoms with Gasteiger partial charge in [0.25, 0.3) is 0 Å². The summed E-state index contributed by atoms with van der Waals surface area (Å²) in [4.78, 5) is 30.1. The smallest absolute Gasteiger partial charge is 0.339 e. The molecule has 1 N–H and O–H groups in total. The maximum Gasteiger partial charge on any atom is 0.350 e. The van der Waals surface area contributed by atoms with Crippen LogP contribution >= 0.6 is 0 Å². The van der Waals surface area contributed by atoms with Crippen molar-refractivity contribution >= 4 is 12.0 Å². The van der Waals surface area contributed by atoms with Crippen molar-refractivity contribution in [1.29, 1.82) is 0 Å². The molecule has 5 nitrogen and oxygen atoms in total. The molecule has 2 rings (SSSR count). The van der Waals surface area contributed by atoms with Crippen LogP contribution in [0.2, 0.25) is 0 Å².